The molecular formula is C18H22BrClN2O3. The molecule has 0 bridgehead atoms. The molecule has 1 aliphatic carbocycles. The Morgan fingerprint density at radius 2 is 2.00 bits per heavy atom. The summed E-state index contributed by atoms with van der Waals surface area (Å²) in [5.74, 6) is 1.86. The molecule has 3 N–H and O–H groups in total. The smallest absolute Gasteiger partial charge is 0.287 e. The van der Waals surface area contributed by atoms with Crippen LogP contribution in [0.25, 0.3) is 0 Å². The third kappa shape index (κ3) is 5.23. The van der Waals surface area contributed by atoms with Gasteiger partial charge in [0, 0.05) is 10.5 Å². The molecule has 0 saturated heterocycles. The minimum absolute atomic E-state index is 0. The van der Waals surface area contributed by atoms with Crippen LogP contribution in [0, 0.1) is 5.92 Å². The minimum Gasteiger partial charge on any atom is -0.486 e. The van der Waals surface area contributed by atoms with Crippen LogP contribution in [0.15, 0.2) is 45.3 Å². The van der Waals surface area contributed by atoms with Gasteiger partial charge in [0.25, 0.3) is 5.91 Å². The minimum atomic E-state index is -0.185. The van der Waals surface area contributed by atoms with Gasteiger partial charge >= 0.3 is 0 Å². The molecule has 0 radical (unpaired) electrons. The van der Waals surface area contributed by atoms with Crippen LogP contribution in [0.4, 0.5) is 0 Å². The van der Waals surface area contributed by atoms with Crippen molar-refractivity contribution in [3.05, 3.63) is 52.4 Å². The number of hydrogen-bond donors (Lipinski definition) is 2. The summed E-state index contributed by atoms with van der Waals surface area (Å²) in [5.41, 5.74) is 5.75. The first-order valence-electron chi connectivity index (χ1n) is 8.13. The van der Waals surface area contributed by atoms with E-state index < -0.39 is 0 Å². The van der Waals surface area contributed by atoms with Crippen LogP contribution in [-0.4, -0.2) is 18.5 Å². The Balaban J connectivity index is 0.00000225. The summed E-state index contributed by atoms with van der Waals surface area (Å²) in [6, 6.07) is 11.2. The molecule has 5 nitrogen and oxygen atoms in total. The maximum atomic E-state index is 12.3. The van der Waals surface area contributed by atoms with Gasteiger partial charge in [0.2, 0.25) is 0 Å². The number of rotatable bonds is 6. The fourth-order valence-corrected chi connectivity index (χ4v) is 3.28. The molecular weight excluding hydrogens is 408 g/mol. The lowest BCUT2D eigenvalue weighted by Crippen LogP contribution is -2.39. The van der Waals surface area contributed by atoms with E-state index in [1.807, 2.05) is 24.3 Å². The molecule has 1 amide bonds. The van der Waals surface area contributed by atoms with Gasteiger partial charge in [-0.05, 0) is 61.7 Å². The first kappa shape index (κ1) is 19.8. The Labute approximate surface area is 161 Å². The number of hydrogen-bond acceptors (Lipinski definition) is 4. The van der Waals surface area contributed by atoms with Crippen molar-refractivity contribution in [3.63, 3.8) is 0 Å². The van der Waals surface area contributed by atoms with Crippen LogP contribution in [0.3, 0.4) is 0 Å². The zero-order valence-corrected chi connectivity index (χ0v) is 16.1. The molecule has 1 aromatic heterocycles. The molecule has 3 rings (SSSR count). The number of nitrogens with two attached hydrogens (primary N) is 1. The number of halogens is 2. The number of benzene rings is 1. The van der Waals surface area contributed by atoms with E-state index in [9.17, 15) is 4.79 Å². The zero-order chi connectivity index (χ0) is 16.9. The summed E-state index contributed by atoms with van der Waals surface area (Å²) in [6.07, 6.45) is 3.16. The van der Waals surface area contributed by atoms with E-state index in [2.05, 4.69) is 21.2 Å². The largest absolute Gasteiger partial charge is 0.486 e. The maximum Gasteiger partial charge on any atom is 0.287 e. The van der Waals surface area contributed by atoms with Crippen molar-refractivity contribution >= 4 is 34.2 Å². The van der Waals surface area contributed by atoms with Crippen LogP contribution in [0.1, 0.15) is 35.6 Å². The molecule has 7 heteroatoms. The maximum absolute atomic E-state index is 12.3. The van der Waals surface area contributed by atoms with Crippen LogP contribution in [0.5, 0.6) is 5.75 Å². The summed E-state index contributed by atoms with van der Waals surface area (Å²) >= 11 is 3.38. The van der Waals surface area contributed by atoms with Gasteiger partial charge in [0.15, 0.2) is 5.76 Å². The van der Waals surface area contributed by atoms with Gasteiger partial charge in [-0.2, -0.15) is 0 Å². The first-order chi connectivity index (χ1) is 11.7. The second-order valence-corrected chi connectivity index (χ2v) is 6.93. The lowest BCUT2D eigenvalue weighted by Gasteiger charge is -2.18. The van der Waals surface area contributed by atoms with E-state index in [1.165, 1.54) is 0 Å². The lowest BCUT2D eigenvalue weighted by molar-refractivity contribution is 0.0896. The highest BCUT2D eigenvalue weighted by molar-refractivity contribution is 9.10. The first-order valence-corrected chi connectivity index (χ1v) is 8.93. The molecule has 2 atom stereocenters. The highest BCUT2D eigenvalue weighted by atomic mass is 79.9. The number of amides is 1. The summed E-state index contributed by atoms with van der Waals surface area (Å²) in [7, 11) is 0. The fraction of sp³-hybridized carbons (Fsp3) is 0.389. The van der Waals surface area contributed by atoms with Crippen molar-refractivity contribution in [3.8, 4) is 5.75 Å². The average Bonchev–Trinajstić information content (AvgIpc) is 3.23. The predicted octanol–water partition coefficient (Wildman–Crippen LogP) is 3.90. The summed E-state index contributed by atoms with van der Waals surface area (Å²) in [4.78, 5) is 12.3. The molecule has 1 aliphatic rings. The van der Waals surface area contributed by atoms with Crippen molar-refractivity contribution in [1.29, 1.82) is 0 Å². The second-order valence-electron chi connectivity index (χ2n) is 6.02. The van der Waals surface area contributed by atoms with Gasteiger partial charge in [0.1, 0.15) is 18.1 Å². The van der Waals surface area contributed by atoms with E-state index >= 15 is 0 Å². The standard InChI is InChI=1S/C18H21BrN2O3.ClH/c19-13-4-6-14(7-5-13)23-11-15-8-9-17(24-15)18(22)21-16-3-1-2-12(16)10-20;/h4-9,12,16H,1-3,10-11,20H2,(H,21,22);1H. The van der Waals surface area contributed by atoms with Crippen molar-refractivity contribution in [2.75, 3.05) is 6.54 Å². The quantitative estimate of drug-likeness (QED) is 0.730. The Morgan fingerprint density at radius 3 is 2.72 bits per heavy atom. The van der Waals surface area contributed by atoms with Crippen molar-refractivity contribution in [2.24, 2.45) is 11.7 Å². The normalized spacial score (nSPS) is 19.3. The molecule has 0 spiro atoms. The van der Waals surface area contributed by atoms with E-state index in [0.717, 1.165) is 29.5 Å². The number of nitrogens with one attached hydrogen (secondary N) is 1. The number of ether oxygens (including phenoxy) is 1. The van der Waals surface area contributed by atoms with Crippen molar-refractivity contribution in [2.45, 2.75) is 31.9 Å². The van der Waals surface area contributed by atoms with E-state index in [-0.39, 0.29) is 31.0 Å². The molecule has 1 heterocycles. The number of carbonyl (C=O) groups excluding carboxylic acids is 1. The van der Waals surface area contributed by atoms with Gasteiger partial charge in [-0.25, -0.2) is 0 Å². The Morgan fingerprint density at radius 1 is 1.24 bits per heavy atom. The van der Waals surface area contributed by atoms with E-state index in [4.69, 9.17) is 14.9 Å². The van der Waals surface area contributed by atoms with E-state index in [0.29, 0.717) is 24.0 Å². The van der Waals surface area contributed by atoms with E-state index in [1.54, 1.807) is 12.1 Å². The molecule has 25 heavy (non-hydrogen) atoms. The topological polar surface area (TPSA) is 77.5 Å². The Kier molecular flexibility index (Phi) is 7.35. The number of furan rings is 1. The molecule has 136 valence electrons. The van der Waals surface area contributed by atoms with Gasteiger partial charge in [0.05, 0.1) is 0 Å². The third-order valence-corrected chi connectivity index (χ3v) is 4.89. The third-order valence-electron chi connectivity index (χ3n) is 4.36. The summed E-state index contributed by atoms with van der Waals surface area (Å²) < 4.78 is 12.2. The second kappa shape index (κ2) is 9.27. The molecule has 2 unspecified atom stereocenters. The Hall–Kier alpha value is -1.50. The van der Waals surface area contributed by atoms with Gasteiger partial charge < -0.3 is 20.2 Å². The molecule has 1 fully saturated rings. The zero-order valence-electron chi connectivity index (χ0n) is 13.7. The monoisotopic (exact) mass is 428 g/mol. The predicted molar refractivity (Wildman–Crippen MR) is 102 cm³/mol. The average molecular weight is 430 g/mol. The van der Waals surface area contributed by atoms with Crippen molar-refractivity contribution in [1.82, 2.24) is 5.32 Å². The lowest BCUT2D eigenvalue weighted by atomic mass is 10.0. The summed E-state index contributed by atoms with van der Waals surface area (Å²) in [6.45, 7) is 0.888. The van der Waals surface area contributed by atoms with Gasteiger partial charge in [-0.15, -0.1) is 12.4 Å². The van der Waals surface area contributed by atoms with Crippen LogP contribution < -0.4 is 15.8 Å². The highest BCUT2D eigenvalue weighted by Crippen LogP contribution is 2.25. The fourth-order valence-electron chi connectivity index (χ4n) is 3.01. The molecule has 1 saturated carbocycles. The van der Waals surface area contributed by atoms with Gasteiger partial charge in [-0.3, -0.25) is 4.79 Å². The van der Waals surface area contributed by atoms with Crippen molar-refractivity contribution < 1.29 is 13.9 Å². The SMILES string of the molecule is Cl.NCC1CCCC1NC(=O)c1ccc(COc2ccc(Br)cc2)o1. The molecule has 2 aromatic rings. The van der Waals surface area contributed by atoms with Crippen LogP contribution in [0.2, 0.25) is 0 Å². The Bertz CT molecular complexity index is 690. The van der Waals surface area contributed by atoms with Crippen LogP contribution >= 0.6 is 28.3 Å². The highest BCUT2D eigenvalue weighted by Gasteiger charge is 2.28. The number of carbonyl (C=O) groups is 1. The molecule has 1 aromatic carbocycles. The van der Waals surface area contributed by atoms with Crippen LogP contribution in [-0.2, 0) is 6.61 Å². The molecule has 0 aliphatic heterocycles. The summed E-state index contributed by atoms with van der Waals surface area (Å²) in [5, 5.41) is 3.03. The van der Waals surface area contributed by atoms with Gasteiger partial charge in [-0.1, -0.05) is 22.4 Å².